The minimum Gasteiger partial charge on any atom is -0.482 e. The molecule has 4 nitrogen and oxygen atoms in total. The summed E-state index contributed by atoms with van der Waals surface area (Å²) in [5, 5.41) is 3.15. The Morgan fingerprint density at radius 1 is 1.33 bits per heavy atom. The molecule has 0 aliphatic carbocycles. The van der Waals surface area contributed by atoms with Gasteiger partial charge >= 0.3 is 5.97 Å². The molecule has 0 heterocycles. The number of nitrogens with one attached hydrogen (secondary N) is 1. The smallest absolute Gasteiger partial charge is 0.344 e. The molecule has 1 unspecified atom stereocenters. The number of benzene rings is 1. The molecular weight excluding hydrogens is 230 g/mol. The number of hydrogen-bond acceptors (Lipinski definition) is 4. The van der Waals surface area contributed by atoms with Crippen LogP contribution in [0.1, 0.15) is 32.4 Å². The zero-order chi connectivity index (χ0) is 13.5. The Bertz CT molecular complexity index is 390. The van der Waals surface area contributed by atoms with Gasteiger partial charge in [-0.25, -0.2) is 4.79 Å². The van der Waals surface area contributed by atoms with E-state index in [4.69, 9.17) is 9.47 Å². The Balaban J connectivity index is 2.55. The molecule has 0 saturated heterocycles. The maximum Gasteiger partial charge on any atom is 0.344 e. The highest BCUT2D eigenvalue weighted by atomic mass is 16.6. The van der Waals surface area contributed by atoms with E-state index in [1.165, 1.54) is 0 Å². The van der Waals surface area contributed by atoms with E-state index in [-0.39, 0.29) is 24.7 Å². The predicted molar refractivity (Wildman–Crippen MR) is 70.6 cm³/mol. The van der Waals surface area contributed by atoms with E-state index in [1.807, 2.05) is 45.2 Å². The van der Waals surface area contributed by atoms with Gasteiger partial charge in [0, 0.05) is 6.04 Å². The van der Waals surface area contributed by atoms with Crippen LogP contribution in [0.25, 0.3) is 0 Å². The molecule has 1 atom stereocenters. The summed E-state index contributed by atoms with van der Waals surface area (Å²) in [7, 11) is 1.90. The molecule has 1 aromatic rings. The van der Waals surface area contributed by atoms with Gasteiger partial charge in [0.05, 0.1) is 6.10 Å². The number of carbonyl (C=O) groups excluding carboxylic acids is 1. The molecule has 0 radical (unpaired) electrons. The van der Waals surface area contributed by atoms with Gasteiger partial charge in [-0.1, -0.05) is 12.1 Å². The molecule has 0 bridgehead atoms. The van der Waals surface area contributed by atoms with Crippen LogP contribution in [0.4, 0.5) is 0 Å². The van der Waals surface area contributed by atoms with Gasteiger partial charge in [0.1, 0.15) is 5.75 Å². The first-order valence-corrected chi connectivity index (χ1v) is 6.12. The van der Waals surface area contributed by atoms with Crippen molar-refractivity contribution in [1.82, 2.24) is 5.32 Å². The molecular formula is C14H21NO3. The molecule has 0 amide bonds. The molecule has 0 saturated carbocycles. The van der Waals surface area contributed by atoms with E-state index in [9.17, 15) is 4.79 Å². The Kier molecular flexibility index (Phi) is 5.65. The normalized spacial score (nSPS) is 12.3. The third kappa shape index (κ3) is 4.75. The number of hydrogen-bond donors (Lipinski definition) is 1. The summed E-state index contributed by atoms with van der Waals surface area (Å²) in [6.45, 7) is 5.63. The number of ether oxygens (including phenoxy) is 2. The third-order valence-corrected chi connectivity index (χ3v) is 2.51. The molecule has 0 aliphatic heterocycles. The van der Waals surface area contributed by atoms with Crippen molar-refractivity contribution in [2.45, 2.75) is 32.9 Å². The zero-order valence-electron chi connectivity index (χ0n) is 11.4. The molecule has 1 rings (SSSR count). The fourth-order valence-electron chi connectivity index (χ4n) is 1.48. The molecule has 0 fully saturated rings. The molecule has 0 aliphatic rings. The highest BCUT2D eigenvalue weighted by Gasteiger charge is 2.08. The van der Waals surface area contributed by atoms with Crippen LogP contribution in [0.5, 0.6) is 5.75 Å². The highest BCUT2D eigenvalue weighted by Crippen LogP contribution is 2.18. The standard InChI is InChI=1S/C14H21NO3/c1-10(2)18-14(16)9-17-13-7-5-6-12(8-13)11(3)15-4/h5-8,10-11,15H,9H2,1-4H3. The average molecular weight is 251 g/mol. The molecule has 0 spiro atoms. The Labute approximate surface area is 108 Å². The second-order valence-electron chi connectivity index (χ2n) is 4.41. The summed E-state index contributed by atoms with van der Waals surface area (Å²) in [5.41, 5.74) is 1.12. The van der Waals surface area contributed by atoms with Gasteiger partial charge in [-0.05, 0) is 45.5 Å². The van der Waals surface area contributed by atoms with Crippen LogP contribution >= 0.6 is 0 Å². The van der Waals surface area contributed by atoms with Crippen molar-refractivity contribution in [1.29, 1.82) is 0 Å². The van der Waals surface area contributed by atoms with Gasteiger partial charge in [-0.2, -0.15) is 0 Å². The fraction of sp³-hybridized carbons (Fsp3) is 0.500. The van der Waals surface area contributed by atoms with Crippen LogP contribution in [-0.2, 0) is 9.53 Å². The molecule has 1 aromatic carbocycles. The van der Waals surface area contributed by atoms with Crippen molar-refractivity contribution < 1.29 is 14.3 Å². The molecule has 100 valence electrons. The summed E-state index contributed by atoms with van der Waals surface area (Å²) in [6, 6.07) is 7.92. The molecule has 18 heavy (non-hydrogen) atoms. The minimum absolute atomic E-state index is 0.0600. The van der Waals surface area contributed by atoms with Gasteiger partial charge in [0.2, 0.25) is 0 Å². The van der Waals surface area contributed by atoms with Crippen LogP contribution in [0, 0.1) is 0 Å². The lowest BCUT2D eigenvalue weighted by atomic mass is 10.1. The van der Waals surface area contributed by atoms with Crippen LogP contribution in [0.3, 0.4) is 0 Å². The molecule has 0 aromatic heterocycles. The quantitative estimate of drug-likeness (QED) is 0.788. The predicted octanol–water partition coefficient (Wildman–Crippen LogP) is 2.30. The van der Waals surface area contributed by atoms with Crippen molar-refractivity contribution >= 4 is 5.97 Å². The highest BCUT2D eigenvalue weighted by molar-refractivity contribution is 5.71. The lowest BCUT2D eigenvalue weighted by molar-refractivity contribution is -0.149. The second kappa shape index (κ2) is 7.01. The largest absolute Gasteiger partial charge is 0.482 e. The Morgan fingerprint density at radius 3 is 2.67 bits per heavy atom. The van der Waals surface area contributed by atoms with E-state index in [0.717, 1.165) is 5.56 Å². The fourth-order valence-corrected chi connectivity index (χ4v) is 1.48. The van der Waals surface area contributed by atoms with Gasteiger partial charge in [0.25, 0.3) is 0 Å². The number of rotatable bonds is 6. The molecule has 4 heteroatoms. The Hall–Kier alpha value is -1.55. The summed E-state index contributed by atoms with van der Waals surface area (Å²) < 4.78 is 10.4. The first-order valence-electron chi connectivity index (χ1n) is 6.12. The second-order valence-corrected chi connectivity index (χ2v) is 4.41. The van der Waals surface area contributed by atoms with E-state index < -0.39 is 0 Å². The van der Waals surface area contributed by atoms with Crippen LogP contribution < -0.4 is 10.1 Å². The first kappa shape index (κ1) is 14.5. The van der Waals surface area contributed by atoms with Gasteiger partial charge in [0.15, 0.2) is 6.61 Å². The van der Waals surface area contributed by atoms with Crippen molar-refractivity contribution in [3.8, 4) is 5.75 Å². The summed E-state index contributed by atoms with van der Waals surface area (Å²) in [5.74, 6) is 0.326. The summed E-state index contributed by atoms with van der Waals surface area (Å²) in [4.78, 5) is 11.3. The van der Waals surface area contributed by atoms with E-state index in [2.05, 4.69) is 12.2 Å². The molecule has 1 N–H and O–H groups in total. The summed E-state index contributed by atoms with van der Waals surface area (Å²) in [6.07, 6.45) is -0.114. The SMILES string of the molecule is CNC(C)c1cccc(OCC(=O)OC(C)C)c1. The maximum absolute atomic E-state index is 11.3. The van der Waals surface area contributed by atoms with Crippen molar-refractivity contribution in [3.63, 3.8) is 0 Å². The van der Waals surface area contributed by atoms with Crippen molar-refractivity contribution in [2.24, 2.45) is 0 Å². The average Bonchev–Trinajstić information content (AvgIpc) is 2.35. The lowest BCUT2D eigenvalue weighted by Gasteiger charge is -2.13. The van der Waals surface area contributed by atoms with Gasteiger partial charge in [-0.15, -0.1) is 0 Å². The van der Waals surface area contributed by atoms with Crippen molar-refractivity contribution in [2.75, 3.05) is 13.7 Å². The van der Waals surface area contributed by atoms with Gasteiger partial charge in [-0.3, -0.25) is 0 Å². The van der Waals surface area contributed by atoms with Crippen molar-refractivity contribution in [3.05, 3.63) is 29.8 Å². The Morgan fingerprint density at radius 2 is 2.06 bits per heavy atom. The van der Waals surface area contributed by atoms with Crippen LogP contribution in [0.2, 0.25) is 0 Å². The minimum atomic E-state index is -0.350. The van der Waals surface area contributed by atoms with Crippen LogP contribution in [-0.4, -0.2) is 25.7 Å². The number of esters is 1. The van der Waals surface area contributed by atoms with E-state index >= 15 is 0 Å². The van der Waals surface area contributed by atoms with Crippen LogP contribution in [0.15, 0.2) is 24.3 Å². The zero-order valence-corrected chi connectivity index (χ0v) is 11.4. The van der Waals surface area contributed by atoms with Gasteiger partial charge < -0.3 is 14.8 Å². The third-order valence-electron chi connectivity index (χ3n) is 2.51. The monoisotopic (exact) mass is 251 g/mol. The topological polar surface area (TPSA) is 47.6 Å². The lowest BCUT2D eigenvalue weighted by Crippen LogP contribution is -2.19. The summed E-state index contributed by atoms with van der Waals surface area (Å²) >= 11 is 0. The maximum atomic E-state index is 11.3. The van der Waals surface area contributed by atoms with E-state index in [0.29, 0.717) is 5.75 Å². The van der Waals surface area contributed by atoms with E-state index in [1.54, 1.807) is 0 Å². The number of carbonyl (C=O) groups is 1. The first-order chi connectivity index (χ1) is 8.52.